The van der Waals surface area contributed by atoms with Crippen LogP contribution in [0.3, 0.4) is 0 Å². The first-order valence-corrected chi connectivity index (χ1v) is 8.36. The second-order valence-corrected chi connectivity index (χ2v) is 6.69. The first-order chi connectivity index (χ1) is 9.99. The van der Waals surface area contributed by atoms with Gasteiger partial charge in [-0.2, -0.15) is 0 Å². The van der Waals surface area contributed by atoms with Crippen molar-refractivity contribution in [3.8, 4) is 0 Å². The molecule has 1 heterocycles. The molecule has 1 aromatic rings. The van der Waals surface area contributed by atoms with Crippen LogP contribution in [-0.2, 0) is 0 Å². The second-order valence-electron chi connectivity index (χ2n) is 5.91. The number of benzene rings is 1. The van der Waals surface area contributed by atoms with E-state index in [9.17, 15) is 4.39 Å². The van der Waals surface area contributed by atoms with E-state index in [2.05, 4.69) is 17.1 Å². The Kier molecular flexibility index (Phi) is 6.30. The first-order valence-electron chi connectivity index (χ1n) is 7.61. The Bertz CT molecular complexity index is 476. The zero-order valence-electron chi connectivity index (χ0n) is 12.6. The Morgan fingerprint density at radius 3 is 2.52 bits per heavy atom. The maximum atomic E-state index is 13.6. The van der Waals surface area contributed by atoms with Crippen molar-refractivity contribution >= 4 is 23.2 Å². The molecule has 118 valence electrons. The molecule has 2 nitrogen and oxygen atoms in total. The molecule has 2 unspecified atom stereocenters. The van der Waals surface area contributed by atoms with Crippen LogP contribution in [0.25, 0.3) is 0 Å². The fraction of sp³-hybridized carbons (Fsp3) is 0.625. The average molecular weight is 333 g/mol. The number of hydrogen-bond acceptors (Lipinski definition) is 2. The molecule has 0 aliphatic carbocycles. The molecule has 1 fully saturated rings. The first kappa shape index (κ1) is 17.0. The minimum Gasteiger partial charge on any atom is -0.306 e. The molecule has 2 atom stereocenters. The Labute approximate surface area is 136 Å². The van der Waals surface area contributed by atoms with E-state index in [1.165, 1.54) is 38.4 Å². The van der Waals surface area contributed by atoms with Crippen molar-refractivity contribution in [2.45, 2.75) is 45.2 Å². The minimum absolute atomic E-state index is 0.0829. The molecular formula is C16H23Cl2FN2. The van der Waals surface area contributed by atoms with Crippen molar-refractivity contribution in [2.24, 2.45) is 0 Å². The molecule has 0 bridgehead atoms. The predicted molar refractivity (Wildman–Crippen MR) is 87.7 cm³/mol. The molecule has 1 aliphatic rings. The predicted octanol–water partition coefficient (Wildman–Crippen LogP) is 4.66. The number of hydrogen-bond donors (Lipinski definition) is 1. The quantitative estimate of drug-likeness (QED) is 0.789. The van der Waals surface area contributed by atoms with Crippen LogP contribution in [-0.4, -0.2) is 30.6 Å². The van der Waals surface area contributed by atoms with Crippen LogP contribution < -0.4 is 5.32 Å². The third kappa shape index (κ3) is 4.56. The summed E-state index contributed by atoms with van der Waals surface area (Å²) >= 11 is 12.2. The highest BCUT2D eigenvalue weighted by Gasteiger charge is 2.20. The van der Waals surface area contributed by atoms with Crippen molar-refractivity contribution in [3.05, 3.63) is 33.6 Å². The molecule has 0 saturated carbocycles. The number of piperidine rings is 1. The van der Waals surface area contributed by atoms with Gasteiger partial charge in [-0.05, 0) is 51.9 Å². The molecule has 0 amide bonds. The third-order valence-electron chi connectivity index (χ3n) is 4.03. The SMILES string of the molecule is CC(CN1CCCCC1)NC(C)c1c(Cl)ccc(F)c1Cl. The Hall–Kier alpha value is -0.350. The summed E-state index contributed by atoms with van der Waals surface area (Å²) in [7, 11) is 0. The Morgan fingerprint density at radius 1 is 1.19 bits per heavy atom. The highest BCUT2D eigenvalue weighted by Crippen LogP contribution is 2.32. The van der Waals surface area contributed by atoms with Crippen molar-refractivity contribution in [3.63, 3.8) is 0 Å². The lowest BCUT2D eigenvalue weighted by atomic mass is 10.1. The van der Waals surface area contributed by atoms with E-state index in [4.69, 9.17) is 23.2 Å². The number of nitrogens with one attached hydrogen (secondary N) is 1. The average Bonchev–Trinajstić information content (AvgIpc) is 2.44. The van der Waals surface area contributed by atoms with Gasteiger partial charge in [0.25, 0.3) is 0 Å². The minimum atomic E-state index is -0.423. The smallest absolute Gasteiger partial charge is 0.142 e. The Morgan fingerprint density at radius 2 is 1.86 bits per heavy atom. The van der Waals surface area contributed by atoms with Gasteiger partial charge in [-0.25, -0.2) is 4.39 Å². The molecule has 0 spiro atoms. The summed E-state index contributed by atoms with van der Waals surface area (Å²) in [6, 6.07) is 3.08. The van der Waals surface area contributed by atoms with E-state index in [0.717, 1.165) is 6.54 Å². The van der Waals surface area contributed by atoms with Crippen LogP contribution in [0.4, 0.5) is 4.39 Å². The van der Waals surface area contributed by atoms with Gasteiger partial charge in [-0.15, -0.1) is 0 Å². The van der Waals surface area contributed by atoms with E-state index < -0.39 is 5.82 Å². The van der Waals surface area contributed by atoms with Crippen LogP contribution in [0.1, 0.15) is 44.7 Å². The lowest BCUT2D eigenvalue weighted by molar-refractivity contribution is 0.205. The fourth-order valence-corrected chi connectivity index (χ4v) is 3.73. The summed E-state index contributed by atoms with van der Waals surface area (Å²) in [6.07, 6.45) is 3.90. The highest BCUT2D eigenvalue weighted by atomic mass is 35.5. The van der Waals surface area contributed by atoms with Crippen LogP contribution in [0, 0.1) is 5.82 Å². The van der Waals surface area contributed by atoms with Gasteiger partial charge >= 0.3 is 0 Å². The maximum absolute atomic E-state index is 13.6. The number of halogens is 3. The molecule has 1 N–H and O–H groups in total. The van der Waals surface area contributed by atoms with E-state index in [1.807, 2.05) is 6.92 Å². The van der Waals surface area contributed by atoms with Crippen molar-refractivity contribution < 1.29 is 4.39 Å². The summed E-state index contributed by atoms with van der Waals surface area (Å²) < 4.78 is 13.6. The molecular weight excluding hydrogens is 310 g/mol. The lowest BCUT2D eigenvalue weighted by Gasteiger charge is -2.31. The second kappa shape index (κ2) is 7.77. The monoisotopic (exact) mass is 332 g/mol. The summed E-state index contributed by atoms with van der Waals surface area (Å²) in [4.78, 5) is 2.47. The van der Waals surface area contributed by atoms with E-state index in [0.29, 0.717) is 16.6 Å². The van der Waals surface area contributed by atoms with E-state index in [-0.39, 0.29) is 11.1 Å². The fourth-order valence-electron chi connectivity index (χ4n) is 3.03. The third-order valence-corrected chi connectivity index (χ3v) is 4.74. The maximum Gasteiger partial charge on any atom is 0.142 e. The highest BCUT2D eigenvalue weighted by molar-refractivity contribution is 6.36. The molecule has 21 heavy (non-hydrogen) atoms. The standard InChI is InChI=1S/C16H23Cl2FN2/c1-11(10-21-8-4-3-5-9-21)20-12(2)15-13(17)6-7-14(19)16(15)18/h6-7,11-12,20H,3-5,8-10H2,1-2H3. The van der Waals surface area contributed by atoms with Gasteiger partial charge in [0.1, 0.15) is 5.82 Å². The zero-order chi connectivity index (χ0) is 15.4. The van der Waals surface area contributed by atoms with Gasteiger partial charge in [0, 0.05) is 29.2 Å². The van der Waals surface area contributed by atoms with Crippen LogP contribution in [0.15, 0.2) is 12.1 Å². The summed E-state index contributed by atoms with van der Waals surface area (Å²) in [6.45, 7) is 7.45. The lowest BCUT2D eigenvalue weighted by Crippen LogP contribution is -2.42. The number of rotatable bonds is 5. The summed E-state index contributed by atoms with van der Waals surface area (Å²) in [5.74, 6) is -0.423. The van der Waals surface area contributed by atoms with Crippen molar-refractivity contribution in [1.82, 2.24) is 10.2 Å². The normalized spacial score (nSPS) is 19.5. The zero-order valence-corrected chi connectivity index (χ0v) is 14.1. The van der Waals surface area contributed by atoms with Gasteiger partial charge in [0.05, 0.1) is 5.02 Å². The number of likely N-dealkylation sites (tertiary alicyclic amines) is 1. The molecule has 5 heteroatoms. The van der Waals surface area contributed by atoms with Gasteiger partial charge in [-0.1, -0.05) is 29.6 Å². The molecule has 0 aromatic heterocycles. The van der Waals surface area contributed by atoms with E-state index >= 15 is 0 Å². The van der Waals surface area contributed by atoms with Gasteiger partial charge in [0.2, 0.25) is 0 Å². The molecule has 2 rings (SSSR count). The van der Waals surface area contributed by atoms with Crippen LogP contribution in [0.2, 0.25) is 10.0 Å². The van der Waals surface area contributed by atoms with Crippen LogP contribution in [0.5, 0.6) is 0 Å². The van der Waals surface area contributed by atoms with Crippen molar-refractivity contribution in [2.75, 3.05) is 19.6 Å². The summed E-state index contributed by atoms with van der Waals surface area (Å²) in [5.41, 5.74) is 0.642. The largest absolute Gasteiger partial charge is 0.306 e. The van der Waals surface area contributed by atoms with E-state index in [1.54, 1.807) is 6.07 Å². The number of nitrogens with zero attached hydrogens (tertiary/aromatic N) is 1. The molecule has 1 saturated heterocycles. The van der Waals surface area contributed by atoms with Crippen molar-refractivity contribution in [1.29, 1.82) is 0 Å². The molecule has 0 radical (unpaired) electrons. The Balaban J connectivity index is 1.97. The summed E-state index contributed by atoms with van der Waals surface area (Å²) in [5, 5.41) is 4.10. The molecule has 1 aromatic carbocycles. The van der Waals surface area contributed by atoms with Gasteiger partial charge in [0.15, 0.2) is 0 Å². The van der Waals surface area contributed by atoms with Gasteiger partial charge < -0.3 is 10.2 Å². The van der Waals surface area contributed by atoms with Crippen LogP contribution >= 0.6 is 23.2 Å². The molecule has 1 aliphatic heterocycles. The topological polar surface area (TPSA) is 15.3 Å². The van der Waals surface area contributed by atoms with Gasteiger partial charge in [-0.3, -0.25) is 0 Å².